The highest BCUT2D eigenvalue weighted by molar-refractivity contribution is 5.99. The molecule has 1 saturated heterocycles. The van der Waals surface area contributed by atoms with Crippen LogP contribution in [-0.2, 0) is 0 Å². The highest BCUT2D eigenvalue weighted by atomic mass is 19.1. The lowest BCUT2D eigenvalue weighted by Gasteiger charge is -2.29. The Hall–Kier alpha value is -3.45. The minimum atomic E-state index is -0.607. The Bertz CT molecular complexity index is 1020. The Labute approximate surface area is 168 Å². The van der Waals surface area contributed by atoms with E-state index in [0.29, 0.717) is 17.0 Å². The largest absolute Gasteiger partial charge is 0.454 e. The van der Waals surface area contributed by atoms with Crippen LogP contribution in [-0.4, -0.2) is 37.1 Å². The summed E-state index contributed by atoms with van der Waals surface area (Å²) in [6.45, 7) is 3.32. The third kappa shape index (κ3) is 4.20. The Morgan fingerprint density at radius 1 is 1.07 bits per heavy atom. The number of nitrogens with one attached hydrogen (secondary N) is 1. The van der Waals surface area contributed by atoms with Gasteiger partial charge in [-0.3, -0.25) is 4.79 Å². The molecule has 4 rings (SSSR count). The molecule has 6 nitrogen and oxygen atoms in total. The second-order valence-corrected chi connectivity index (χ2v) is 6.73. The third-order valence-electron chi connectivity index (χ3n) is 4.76. The number of carbonyl (C=O) groups is 1. The summed E-state index contributed by atoms with van der Waals surface area (Å²) in [6.07, 6.45) is 0. The van der Waals surface area contributed by atoms with Crippen LogP contribution in [0.25, 0.3) is 11.3 Å². The zero-order chi connectivity index (χ0) is 20.2. The molecule has 1 amide bonds. The van der Waals surface area contributed by atoms with Gasteiger partial charge in [0.1, 0.15) is 11.6 Å². The molecule has 0 spiro atoms. The molecular weight excluding hydrogens is 371 g/mol. The van der Waals surface area contributed by atoms with Gasteiger partial charge in [-0.2, -0.15) is 0 Å². The molecule has 3 aromatic rings. The van der Waals surface area contributed by atoms with Gasteiger partial charge in [0.25, 0.3) is 5.91 Å². The number of halogens is 1. The van der Waals surface area contributed by atoms with E-state index in [9.17, 15) is 9.18 Å². The van der Waals surface area contributed by atoms with Crippen LogP contribution in [0.5, 0.6) is 11.5 Å². The van der Waals surface area contributed by atoms with Gasteiger partial charge in [-0.15, -0.1) is 0 Å². The highest BCUT2D eigenvalue weighted by Crippen LogP contribution is 2.31. The third-order valence-corrected chi connectivity index (χ3v) is 4.76. The number of anilines is 1. The van der Waals surface area contributed by atoms with Crippen molar-refractivity contribution in [2.75, 3.05) is 31.1 Å². The van der Waals surface area contributed by atoms with Gasteiger partial charge in [0.05, 0.1) is 11.3 Å². The maximum Gasteiger partial charge on any atom is 0.250 e. The van der Waals surface area contributed by atoms with E-state index in [2.05, 4.69) is 15.2 Å². The van der Waals surface area contributed by atoms with E-state index in [-0.39, 0.29) is 11.3 Å². The minimum absolute atomic E-state index is 0.0961. The average molecular weight is 392 g/mol. The summed E-state index contributed by atoms with van der Waals surface area (Å²) in [7, 11) is 0. The standard InChI is InChI=1S/C22H21FN4O2/c23-18-14-15(6-8-19(18)29-16-4-2-1-3-5-16)21-17(22(24)28)7-9-20(26-21)27-12-10-25-11-13-27/h1-9,14,25H,10-13H2,(H2,24,28). The van der Waals surface area contributed by atoms with Crippen LogP contribution in [0.2, 0.25) is 0 Å². The normalized spacial score (nSPS) is 13.9. The first-order valence-corrected chi connectivity index (χ1v) is 9.41. The molecule has 0 radical (unpaired) electrons. The van der Waals surface area contributed by atoms with Gasteiger partial charge in [0.2, 0.25) is 0 Å². The van der Waals surface area contributed by atoms with Crippen LogP contribution < -0.4 is 20.7 Å². The monoisotopic (exact) mass is 392 g/mol. The molecule has 0 atom stereocenters. The molecule has 0 aliphatic carbocycles. The maximum atomic E-state index is 14.7. The lowest BCUT2D eigenvalue weighted by molar-refractivity contribution is 0.100. The zero-order valence-electron chi connectivity index (χ0n) is 15.8. The number of nitrogens with zero attached hydrogens (tertiary/aromatic N) is 2. The van der Waals surface area contributed by atoms with Crippen molar-refractivity contribution in [3.8, 4) is 22.8 Å². The number of nitrogens with two attached hydrogens (primary N) is 1. The van der Waals surface area contributed by atoms with Gasteiger partial charge in [0.15, 0.2) is 11.6 Å². The fourth-order valence-corrected chi connectivity index (χ4v) is 3.28. The number of aromatic nitrogens is 1. The number of primary amides is 1. The van der Waals surface area contributed by atoms with Gasteiger partial charge in [-0.1, -0.05) is 18.2 Å². The molecule has 3 N–H and O–H groups in total. The Morgan fingerprint density at radius 3 is 2.52 bits per heavy atom. The quantitative estimate of drug-likeness (QED) is 0.697. The predicted octanol–water partition coefficient (Wildman–Crippen LogP) is 3.19. The van der Waals surface area contributed by atoms with Crippen LogP contribution in [0.3, 0.4) is 0 Å². The zero-order valence-corrected chi connectivity index (χ0v) is 15.8. The lowest BCUT2D eigenvalue weighted by Crippen LogP contribution is -2.44. The number of benzene rings is 2. The first-order chi connectivity index (χ1) is 14.1. The Kier molecular flexibility index (Phi) is 5.39. The van der Waals surface area contributed by atoms with Crippen LogP contribution in [0.4, 0.5) is 10.2 Å². The summed E-state index contributed by atoms with van der Waals surface area (Å²) in [5.74, 6) is 0.215. The van der Waals surface area contributed by atoms with E-state index in [1.807, 2.05) is 18.2 Å². The molecule has 0 bridgehead atoms. The topological polar surface area (TPSA) is 80.5 Å². The summed E-state index contributed by atoms with van der Waals surface area (Å²) in [4.78, 5) is 18.7. The molecule has 148 valence electrons. The number of pyridine rings is 1. The van der Waals surface area contributed by atoms with Gasteiger partial charge in [-0.05, 0) is 42.5 Å². The molecule has 1 aromatic heterocycles. The van der Waals surface area contributed by atoms with E-state index in [0.717, 1.165) is 32.0 Å². The fraction of sp³-hybridized carbons (Fsp3) is 0.182. The van der Waals surface area contributed by atoms with Crippen LogP contribution >= 0.6 is 0 Å². The second-order valence-electron chi connectivity index (χ2n) is 6.73. The number of hydrogen-bond donors (Lipinski definition) is 2. The minimum Gasteiger partial charge on any atom is -0.454 e. The Morgan fingerprint density at radius 2 is 1.83 bits per heavy atom. The van der Waals surface area contributed by atoms with E-state index < -0.39 is 11.7 Å². The van der Waals surface area contributed by atoms with Gasteiger partial charge in [0, 0.05) is 31.7 Å². The summed E-state index contributed by atoms with van der Waals surface area (Å²) in [6, 6.07) is 16.9. The molecular formula is C22H21FN4O2. The van der Waals surface area contributed by atoms with Crippen molar-refractivity contribution >= 4 is 11.7 Å². The number of carbonyl (C=O) groups excluding carboxylic acids is 1. The molecule has 29 heavy (non-hydrogen) atoms. The van der Waals surface area contributed by atoms with Gasteiger partial charge < -0.3 is 20.7 Å². The van der Waals surface area contributed by atoms with E-state index in [1.165, 1.54) is 12.1 Å². The number of hydrogen-bond acceptors (Lipinski definition) is 5. The first kappa shape index (κ1) is 18.9. The summed E-state index contributed by atoms with van der Waals surface area (Å²) in [5, 5.41) is 3.29. The van der Waals surface area contributed by atoms with E-state index in [4.69, 9.17) is 10.5 Å². The van der Waals surface area contributed by atoms with Crippen LogP contribution in [0.15, 0.2) is 60.7 Å². The van der Waals surface area contributed by atoms with Crippen LogP contribution in [0, 0.1) is 5.82 Å². The van der Waals surface area contributed by atoms with Crippen molar-refractivity contribution in [1.29, 1.82) is 0 Å². The van der Waals surface area contributed by atoms with Crippen molar-refractivity contribution in [1.82, 2.24) is 10.3 Å². The SMILES string of the molecule is NC(=O)c1ccc(N2CCNCC2)nc1-c1ccc(Oc2ccccc2)c(F)c1. The first-order valence-electron chi connectivity index (χ1n) is 9.41. The number of rotatable bonds is 5. The second kappa shape index (κ2) is 8.28. The molecule has 1 aliphatic heterocycles. The number of ether oxygens (including phenoxy) is 1. The van der Waals surface area contributed by atoms with Crippen molar-refractivity contribution in [3.63, 3.8) is 0 Å². The maximum absolute atomic E-state index is 14.7. The van der Waals surface area contributed by atoms with Crippen molar-refractivity contribution < 1.29 is 13.9 Å². The molecule has 2 heterocycles. The summed E-state index contributed by atoms with van der Waals surface area (Å²) in [5.41, 5.74) is 6.61. The van der Waals surface area contributed by atoms with Gasteiger partial charge >= 0.3 is 0 Å². The van der Waals surface area contributed by atoms with E-state index >= 15 is 0 Å². The highest BCUT2D eigenvalue weighted by Gasteiger charge is 2.18. The molecule has 1 fully saturated rings. The molecule has 2 aromatic carbocycles. The summed E-state index contributed by atoms with van der Waals surface area (Å²) >= 11 is 0. The molecule has 0 saturated carbocycles. The average Bonchev–Trinajstić information content (AvgIpc) is 2.76. The van der Waals surface area contributed by atoms with Gasteiger partial charge in [-0.25, -0.2) is 9.37 Å². The van der Waals surface area contributed by atoms with Crippen LogP contribution in [0.1, 0.15) is 10.4 Å². The number of piperazine rings is 1. The molecule has 7 heteroatoms. The number of para-hydroxylation sites is 1. The molecule has 1 aliphatic rings. The van der Waals surface area contributed by atoms with Crippen molar-refractivity contribution in [2.45, 2.75) is 0 Å². The fourth-order valence-electron chi connectivity index (χ4n) is 3.28. The number of amides is 1. The molecule has 0 unspecified atom stereocenters. The van der Waals surface area contributed by atoms with Crippen molar-refractivity contribution in [3.05, 3.63) is 72.0 Å². The van der Waals surface area contributed by atoms with Crippen molar-refractivity contribution in [2.24, 2.45) is 5.73 Å². The predicted molar refractivity (Wildman–Crippen MR) is 110 cm³/mol. The smallest absolute Gasteiger partial charge is 0.250 e. The van der Waals surface area contributed by atoms with E-state index in [1.54, 1.807) is 30.3 Å². The Balaban J connectivity index is 1.69. The lowest BCUT2D eigenvalue weighted by atomic mass is 10.0. The summed E-state index contributed by atoms with van der Waals surface area (Å²) < 4.78 is 20.3.